The number of hydrogen-bond acceptors (Lipinski definition) is 4. The highest BCUT2D eigenvalue weighted by molar-refractivity contribution is 5.58. The maximum Gasteiger partial charge on any atom is 0.416 e. The Hall–Kier alpha value is -2.25. The van der Waals surface area contributed by atoms with Crippen molar-refractivity contribution in [2.75, 3.05) is 44.7 Å². The van der Waals surface area contributed by atoms with Gasteiger partial charge in [0.1, 0.15) is 5.75 Å². The number of piperazine rings is 1. The van der Waals surface area contributed by atoms with Crippen LogP contribution in [0.15, 0.2) is 48.5 Å². The van der Waals surface area contributed by atoms with Gasteiger partial charge in [0.05, 0.1) is 24.5 Å². The number of ether oxygens (including phenoxy) is 1. The van der Waals surface area contributed by atoms with Gasteiger partial charge < -0.3 is 14.7 Å². The lowest BCUT2D eigenvalue weighted by Gasteiger charge is -2.37. The van der Waals surface area contributed by atoms with Crippen LogP contribution in [0.5, 0.6) is 5.75 Å². The standard InChI is InChI=1S/C20H23F3N2O2/c1-27-19-9-5-4-8-17(19)25-12-10-24(11-13-25)14-18(26)15-6-2-3-7-16(15)20(21,22)23/h2-9,18,26H,10-14H2,1H3. The van der Waals surface area contributed by atoms with Crippen molar-refractivity contribution < 1.29 is 23.0 Å². The number of aliphatic hydroxyl groups is 1. The van der Waals surface area contributed by atoms with Crippen molar-refractivity contribution in [1.82, 2.24) is 4.90 Å². The first-order valence-electron chi connectivity index (χ1n) is 8.84. The van der Waals surface area contributed by atoms with E-state index in [1.165, 1.54) is 18.2 Å². The average Bonchev–Trinajstić information content (AvgIpc) is 2.68. The molecule has 0 radical (unpaired) electrons. The molecule has 2 aromatic carbocycles. The molecule has 1 heterocycles. The highest BCUT2D eigenvalue weighted by Crippen LogP contribution is 2.35. The average molecular weight is 380 g/mol. The summed E-state index contributed by atoms with van der Waals surface area (Å²) in [6, 6.07) is 13.0. The number of β-amino-alcohol motifs (C(OH)–C–C–N with tert-alkyl or cyclic N) is 1. The van der Waals surface area contributed by atoms with E-state index in [0.717, 1.165) is 17.5 Å². The largest absolute Gasteiger partial charge is 0.495 e. The fourth-order valence-corrected chi connectivity index (χ4v) is 3.45. The molecule has 0 aromatic heterocycles. The molecule has 1 saturated heterocycles. The Morgan fingerprint density at radius 2 is 1.63 bits per heavy atom. The van der Waals surface area contributed by atoms with Gasteiger partial charge in [-0.15, -0.1) is 0 Å². The molecule has 0 saturated carbocycles. The Labute approximate surface area is 156 Å². The molecule has 1 atom stereocenters. The van der Waals surface area contributed by atoms with Crippen molar-refractivity contribution in [2.45, 2.75) is 12.3 Å². The molecule has 1 aliphatic heterocycles. The van der Waals surface area contributed by atoms with Crippen LogP contribution in [0.4, 0.5) is 18.9 Å². The molecule has 0 aliphatic carbocycles. The Balaban J connectivity index is 1.63. The van der Waals surface area contributed by atoms with Gasteiger partial charge in [-0.3, -0.25) is 4.90 Å². The lowest BCUT2D eigenvalue weighted by Crippen LogP contribution is -2.47. The SMILES string of the molecule is COc1ccccc1N1CCN(CC(O)c2ccccc2C(F)(F)F)CC1. The number of nitrogens with zero attached hydrogens (tertiary/aromatic N) is 2. The fourth-order valence-electron chi connectivity index (χ4n) is 3.45. The Kier molecular flexibility index (Phi) is 5.92. The van der Waals surface area contributed by atoms with E-state index in [-0.39, 0.29) is 12.1 Å². The van der Waals surface area contributed by atoms with Gasteiger partial charge in [-0.05, 0) is 23.8 Å². The lowest BCUT2D eigenvalue weighted by molar-refractivity contribution is -0.139. The van der Waals surface area contributed by atoms with Gasteiger partial charge in [-0.25, -0.2) is 0 Å². The molecular weight excluding hydrogens is 357 g/mol. The summed E-state index contributed by atoms with van der Waals surface area (Å²) in [6.07, 6.45) is -5.65. The second-order valence-corrected chi connectivity index (χ2v) is 6.56. The zero-order valence-corrected chi connectivity index (χ0v) is 15.1. The van der Waals surface area contributed by atoms with Gasteiger partial charge in [0.15, 0.2) is 0 Å². The summed E-state index contributed by atoms with van der Waals surface area (Å²) in [5, 5.41) is 10.4. The van der Waals surface area contributed by atoms with Crippen molar-refractivity contribution in [3.05, 3.63) is 59.7 Å². The molecule has 0 amide bonds. The molecule has 0 spiro atoms. The third-order valence-corrected chi connectivity index (χ3v) is 4.85. The predicted octanol–water partition coefficient (Wildman–Crippen LogP) is 3.57. The molecule has 0 bridgehead atoms. The van der Waals surface area contributed by atoms with E-state index in [9.17, 15) is 18.3 Å². The number of rotatable bonds is 5. The van der Waals surface area contributed by atoms with Crippen LogP contribution in [0.1, 0.15) is 17.2 Å². The number of hydrogen-bond donors (Lipinski definition) is 1. The summed E-state index contributed by atoms with van der Waals surface area (Å²) < 4.78 is 44.9. The van der Waals surface area contributed by atoms with E-state index < -0.39 is 17.8 Å². The van der Waals surface area contributed by atoms with Gasteiger partial charge in [-0.2, -0.15) is 13.2 Å². The summed E-state index contributed by atoms with van der Waals surface area (Å²) in [6.45, 7) is 2.92. The van der Waals surface area contributed by atoms with Crippen LogP contribution in [-0.4, -0.2) is 49.8 Å². The Morgan fingerprint density at radius 3 is 2.30 bits per heavy atom. The molecule has 2 aromatic rings. The molecule has 27 heavy (non-hydrogen) atoms. The van der Waals surface area contributed by atoms with Crippen LogP contribution in [0.2, 0.25) is 0 Å². The van der Waals surface area contributed by atoms with Crippen LogP contribution < -0.4 is 9.64 Å². The highest BCUT2D eigenvalue weighted by Gasteiger charge is 2.35. The first kappa shape index (κ1) is 19.5. The van der Waals surface area contributed by atoms with Gasteiger partial charge >= 0.3 is 6.18 Å². The second-order valence-electron chi connectivity index (χ2n) is 6.56. The number of halogens is 3. The highest BCUT2D eigenvalue weighted by atomic mass is 19.4. The van der Waals surface area contributed by atoms with E-state index in [1.807, 2.05) is 29.2 Å². The third kappa shape index (κ3) is 4.54. The fraction of sp³-hybridized carbons (Fsp3) is 0.400. The lowest BCUT2D eigenvalue weighted by atomic mass is 10.0. The van der Waals surface area contributed by atoms with E-state index >= 15 is 0 Å². The number of alkyl halides is 3. The third-order valence-electron chi connectivity index (χ3n) is 4.85. The van der Waals surface area contributed by atoms with E-state index in [0.29, 0.717) is 26.2 Å². The summed E-state index contributed by atoms with van der Waals surface area (Å²) in [5.41, 5.74) is 0.157. The number of para-hydroxylation sites is 2. The van der Waals surface area contributed by atoms with Crippen LogP contribution in [0.3, 0.4) is 0 Å². The first-order valence-corrected chi connectivity index (χ1v) is 8.84. The first-order chi connectivity index (χ1) is 12.9. The number of benzene rings is 2. The number of anilines is 1. The van der Waals surface area contributed by atoms with Gasteiger partial charge in [0.25, 0.3) is 0 Å². The van der Waals surface area contributed by atoms with Crippen molar-refractivity contribution in [2.24, 2.45) is 0 Å². The molecular formula is C20H23F3N2O2. The molecule has 1 N–H and O–H groups in total. The quantitative estimate of drug-likeness (QED) is 0.860. The minimum atomic E-state index is -4.47. The summed E-state index contributed by atoms with van der Waals surface area (Å²) in [4.78, 5) is 4.18. The second kappa shape index (κ2) is 8.19. The zero-order chi connectivity index (χ0) is 19.4. The van der Waals surface area contributed by atoms with Crippen LogP contribution in [-0.2, 0) is 6.18 Å². The van der Waals surface area contributed by atoms with Crippen molar-refractivity contribution >= 4 is 5.69 Å². The maximum atomic E-state index is 13.2. The smallest absolute Gasteiger partial charge is 0.416 e. The van der Waals surface area contributed by atoms with Crippen LogP contribution in [0, 0.1) is 0 Å². The minimum Gasteiger partial charge on any atom is -0.495 e. The molecule has 4 nitrogen and oxygen atoms in total. The van der Waals surface area contributed by atoms with Crippen molar-refractivity contribution in [3.8, 4) is 5.75 Å². The van der Waals surface area contributed by atoms with Crippen LogP contribution >= 0.6 is 0 Å². The maximum absolute atomic E-state index is 13.2. The van der Waals surface area contributed by atoms with Crippen molar-refractivity contribution in [1.29, 1.82) is 0 Å². The monoisotopic (exact) mass is 380 g/mol. The van der Waals surface area contributed by atoms with Gasteiger partial charge in [-0.1, -0.05) is 30.3 Å². The predicted molar refractivity (Wildman–Crippen MR) is 98.1 cm³/mol. The number of methoxy groups -OCH3 is 1. The van der Waals surface area contributed by atoms with Gasteiger partial charge in [0, 0.05) is 32.7 Å². The van der Waals surface area contributed by atoms with Crippen molar-refractivity contribution in [3.63, 3.8) is 0 Å². The summed E-state index contributed by atoms with van der Waals surface area (Å²) in [5.74, 6) is 0.796. The zero-order valence-electron chi connectivity index (χ0n) is 15.1. The summed E-state index contributed by atoms with van der Waals surface area (Å²) in [7, 11) is 1.63. The molecule has 146 valence electrons. The van der Waals surface area contributed by atoms with E-state index in [1.54, 1.807) is 7.11 Å². The Bertz CT molecular complexity index is 759. The van der Waals surface area contributed by atoms with Gasteiger partial charge in [0.2, 0.25) is 0 Å². The molecule has 1 unspecified atom stereocenters. The molecule has 1 aliphatic rings. The minimum absolute atomic E-state index is 0.0721. The van der Waals surface area contributed by atoms with E-state index in [2.05, 4.69) is 4.90 Å². The molecule has 7 heteroatoms. The van der Waals surface area contributed by atoms with Crippen LogP contribution in [0.25, 0.3) is 0 Å². The van der Waals surface area contributed by atoms with E-state index in [4.69, 9.17) is 4.74 Å². The Morgan fingerprint density at radius 1 is 1.00 bits per heavy atom. The summed E-state index contributed by atoms with van der Waals surface area (Å²) >= 11 is 0. The normalized spacial score (nSPS) is 17.0. The molecule has 1 fully saturated rings. The number of aliphatic hydroxyl groups excluding tert-OH is 1. The molecule has 3 rings (SSSR count). The topological polar surface area (TPSA) is 35.9 Å².